The van der Waals surface area contributed by atoms with Crippen molar-refractivity contribution in [2.45, 2.75) is 13.0 Å². The Morgan fingerprint density at radius 1 is 1.12 bits per heavy atom. The van der Waals surface area contributed by atoms with Gasteiger partial charge in [0.1, 0.15) is 18.1 Å². The third-order valence-corrected chi connectivity index (χ3v) is 4.23. The van der Waals surface area contributed by atoms with Crippen LogP contribution in [0.3, 0.4) is 0 Å². The Labute approximate surface area is 143 Å². The van der Waals surface area contributed by atoms with E-state index in [-0.39, 0.29) is 5.75 Å². The van der Waals surface area contributed by atoms with Crippen LogP contribution in [0.15, 0.2) is 78.4 Å². The summed E-state index contributed by atoms with van der Waals surface area (Å²) in [6.45, 7) is 7.56. The summed E-state index contributed by atoms with van der Waals surface area (Å²) in [5, 5.41) is 9.46. The normalized spacial score (nSPS) is 14.9. The number of benzene rings is 2. The summed E-state index contributed by atoms with van der Waals surface area (Å²) in [6.07, 6.45) is 3.25. The lowest BCUT2D eigenvalue weighted by molar-refractivity contribution is 0.284. The van der Waals surface area contributed by atoms with Crippen LogP contribution in [-0.4, -0.2) is 29.7 Å². The van der Waals surface area contributed by atoms with Crippen molar-refractivity contribution in [3.05, 3.63) is 84.0 Å². The number of rotatable bonds is 6. The maximum absolute atomic E-state index is 9.46. The van der Waals surface area contributed by atoms with Crippen molar-refractivity contribution in [1.82, 2.24) is 4.90 Å². The van der Waals surface area contributed by atoms with Gasteiger partial charge in [-0.2, -0.15) is 0 Å². The van der Waals surface area contributed by atoms with Gasteiger partial charge in [-0.15, -0.1) is 0 Å². The highest BCUT2D eigenvalue weighted by atomic mass is 16.5. The van der Waals surface area contributed by atoms with E-state index < -0.39 is 0 Å². The van der Waals surface area contributed by atoms with Crippen LogP contribution in [0.4, 0.5) is 0 Å². The molecule has 3 nitrogen and oxygen atoms in total. The lowest BCUT2D eigenvalue weighted by Gasteiger charge is -2.27. The number of phenols is 1. The quantitative estimate of drug-likeness (QED) is 0.867. The van der Waals surface area contributed by atoms with Crippen LogP contribution in [0.2, 0.25) is 0 Å². The average Bonchev–Trinajstić information content (AvgIpc) is 2.61. The molecule has 0 amide bonds. The molecular weight excluding hydrogens is 298 g/mol. The summed E-state index contributed by atoms with van der Waals surface area (Å²) in [5.41, 5.74) is 3.64. The van der Waals surface area contributed by atoms with E-state index in [2.05, 4.69) is 41.8 Å². The molecule has 0 fully saturated rings. The predicted octanol–water partition coefficient (Wildman–Crippen LogP) is 4.16. The van der Waals surface area contributed by atoms with Gasteiger partial charge in [-0.05, 0) is 35.3 Å². The first kappa shape index (κ1) is 16.3. The first-order valence-electron chi connectivity index (χ1n) is 8.26. The molecule has 0 bridgehead atoms. The van der Waals surface area contributed by atoms with Crippen molar-refractivity contribution >= 4 is 0 Å². The highest BCUT2D eigenvalue weighted by Gasteiger charge is 2.14. The van der Waals surface area contributed by atoms with Gasteiger partial charge in [-0.3, -0.25) is 4.90 Å². The van der Waals surface area contributed by atoms with Crippen LogP contribution >= 0.6 is 0 Å². The number of phenolic OH excluding ortho intramolecular Hbond substituents is 1. The number of hydrogen-bond acceptors (Lipinski definition) is 3. The molecule has 0 aromatic heterocycles. The predicted molar refractivity (Wildman–Crippen MR) is 97.2 cm³/mol. The average molecular weight is 321 g/mol. The lowest BCUT2D eigenvalue weighted by Crippen LogP contribution is -2.28. The van der Waals surface area contributed by atoms with Crippen LogP contribution in [-0.2, 0) is 6.54 Å². The molecule has 0 saturated heterocycles. The van der Waals surface area contributed by atoms with Crippen molar-refractivity contribution < 1.29 is 9.84 Å². The Kier molecular flexibility index (Phi) is 5.34. The summed E-state index contributed by atoms with van der Waals surface area (Å²) in [4.78, 5) is 2.43. The summed E-state index contributed by atoms with van der Waals surface area (Å²) in [5.74, 6) is 0.879. The van der Waals surface area contributed by atoms with Gasteiger partial charge < -0.3 is 9.84 Å². The molecule has 1 aliphatic rings. The second kappa shape index (κ2) is 7.84. The highest BCUT2D eigenvalue weighted by Crippen LogP contribution is 2.22. The zero-order chi connectivity index (χ0) is 16.8. The van der Waals surface area contributed by atoms with Crippen molar-refractivity contribution in [3.8, 4) is 11.5 Å². The third kappa shape index (κ3) is 4.49. The topological polar surface area (TPSA) is 32.7 Å². The van der Waals surface area contributed by atoms with Gasteiger partial charge in [0.05, 0.1) is 0 Å². The minimum atomic E-state index is 0.214. The van der Waals surface area contributed by atoms with Crippen molar-refractivity contribution in [3.63, 3.8) is 0 Å². The fourth-order valence-electron chi connectivity index (χ4n) is 2.85. The molecule has 0 radical (unpaired) electrons. The molecule has 0 aliphatic carbocycles. The first-order chi connectivity index (χ1) is 11.7. The van der Waals surface area contributed by atoms with Gasteiger partial charge in [0.15, 0.2) is 0 Å². The maximum atomic E-state index is 9.46. The van der Waals surface area contributed by atoms with Gasteiger partial charge in [0.2, 0.25) is 0 Å². The van der Waals surface area contributed by atoms with Crippen LogP contribution in [0.1, 0.15) is 12.0 Å². The molecule has 3 rings (SSSR count). The van der Waals surface area contributed by atoms with Crippen molar-refractivity contribution in [1.29, 1.82) is 0 Å². The maximum Gasteiger partial charge on any atom is 0.123 e. The molecule has 24 heavy (non-hydrogen) atoms. The van der Waals surface area contributed by atoms with E-state index in [0.29, 0.717) is 12.4 Å². The molecule has 0 saturated carbocycles. The monoisotopic (exact) mass is 321 g/mol. The largest absolute Gasteiger partial charge is 0.508 e. The van der Waals surface area contributed by atoms with E-state index >= 15 is 0 Å². The zero-order valence-corrected chi connectivity index (χ0v) is 13.8. The number of nitrogens with zero attached hydrogens (tertiary/aromatic N) is 1. The summed E-state index contributed by atoms with van der Waals surface area (Å²) < 4.78 is 5.71. The van der Waals surface area contributed by atoms with Gasteiger partial charge in [0, 0.05) is 25.7 Å². The van der Waals surface area contributed by atoms with E-state index in [0.717, 1.165) is 31.6 Å². The molecular formula is C21H23NO2. The van der Waals surface area contributed by atoms with E-state index in [1.165, 1.54) is 11.1 Å². The van der Waals surface area contributed by atoms with Crippen LogP contribution in [0.25, 0.3) is 0 Å². The molecule has 2 aromatic carbocycles. The molecule has 1 N–H and O–H groups in total. The molecule has 0 spiro atoms. The number of ether oxygens (including phenoxy) is 1. The third-order valence-electron chi connectivity index (χ3n) is 4.23. The number of hydrogen-bond donors (Lipinski definition) is 1. The van der Waals surface area contributed by atoms with Gasteiger partial charge in [0.25, 0.3) is 0 Å². The Bertz CT molecular complexity index is 722. The smallest absolute Gasteiger partial charge is 0.123 e. The zero-order valence-electron chi connectivity index (χ0n) is 13.8. The number of aromatic hydroxyl groups is 1. The van der Waals surface area contributed by atoms with Gasteiger partial charge in [-0.25, -0.2) is 0 Å². The SMILES string of the molecule is C=C(COc1cccc(O)c1)C1=CCN(Cc2ccccc2)CC1. The first-order valence-corrected chi connectivity index (χ1v) is 8.26. The van der Waals surface area contributed by atoms with Gasteiger partial charge in [-0.1, -0.05) is 49.1 Å². The fourth-order valence-corrected chi connectivity index (χ4v) is 2.85. The van der Waals surface area contributed by atoms with E-state index in [9.17, 15) is 5.11 Å². The molecule has 3 heteroatoms. The summed E-state index contributed by atoms with van der Waals surface area (Å²) in [6, 6.07) is 17.4. The minimum absolute atomic E-state index is 0.214. The lowest BCUT2D eigenvalue weighted by atomic mass is 10.0. The van der Waals surface area contributed by atoms with E-state index in [4.69, 9.17) is 4.74 Å². The van der Waals surface area contributed by atoms with Crippen LogP contribution in [0.5, 0.6) is 11.5 Å². The summed E-state index contributed by atoms with van der Waals surface area (Å²) >= 11 is 0. The fraction of sp³-hybridized carbons (Fsp3) is 0.238. The highest BCUT2D eigenvalue weighted by molar-refractivity contribution is 5.34. The Morgan fingerprint density at radius 2 is 1.96 bits per heavy atom. The minimum Gasteiger partial charge on any atom is -0.508 e. The molecule has 2 aromatic rings. The Hall–Kier alpha value is -2.52. The second-order valence-electron chi connectivity index (χ2n) is 6.09. The van der Waals surface area contributed by atoms with E-state index in [1.807, 2.05) is 12.1 Å². The molecule has 124 valence electrons. The molecule has 1 aliphatic heterocycles. The van der Waals surface area contributed by atoms with Crippen LogP contribution in [0, 0.1) is 0 Å². The molecule has 0 atom stereocenters. The van der Waals surface area contributed by atoms with Crippen LogP contribution < -0.4 is 4.74 Å². The standard InChI is InChI=1S/C21H23NO2/c1-17(16-24-21-9-5-8-20(23)14-21)19-10-12-22(13-11-19)15-18-6-3-2-4-7-18/h2-10,14,23H,1,11-13,15-16H2. The van der Waals surface area contributed by atoms with Crippen molar-refractivity contribution in [2.75, 3.05) is 19.7 Å². The Balaban J connectivity index is 1.50. The Morgan fingerprint density at radius 3 is 2.67 bits per heavy atom. The van der Waals surface area contributed by atoms with E-state index in [1.54, 1.807) is 18.2 Å². The molecule has 1 heterocycles. The molecule has 0 unspecified atom stereocenters. The van der Waals surface area contributed by atoms with Gasteiger partial charge >= 0.3 is 0 Å². The summed E-state index contributed by atoms with van der Waals surface area (Å²) in [7, 11) is 0. The van der Waals surface area contributed by atoms with Crippen molar-refractivity contribution in [2.24, 2.45) is 0 Å². The second-order valence-corrected chi connectivity index (χ2v) is 6.09.